The molecule has 29 heavy (non-hydrogen) atoms. The largest absolute Gasteiger partial charge is 0.416 e. The Morgan fingerprint density at radius 3 is 2.55 bits per heavy atom. The number of rotatable bonds is 4. The van der Waals surface area contributed by atoms with Crippen LogP contribution >= 0.6 is 0 Å². The molecule has 0 aromatic heterocycles. The molecule has 0 radical (unpaired) electrons. The molecule has 0 unspecified atom stereocenters. The zero-order valence-corrected chi connectivity index (χ0v) is 15.5. The summed E-state index contributed by atoms with van der Waals surface area (Å²) in [6.45, 7) is 2.03. The highest BCUT2D eigenvalue weighted by molar-refractivity contribution is 6.10. The molecular weight excluding hydrogens is 385 g/mol. The molecule has 6 nitrogen and oxygen atoms in total. The lowest BCUT2D eigenvalue weighted by Gasteiger charge is -2.21. The summed E-state index contributed by atoms with van der Waals surface area (Å²) in [4.78, 5) is 28.6. The fraction of sp³-hybridized carbons (Fsp3) is 0.250. The Balaban J connectivity index is 1.72. The number of hydrogen-bond acceptors (Lipinski definition) is 4. The van der Waals surface area contributed by atoms with Crippen molar-refractivity contribution in [3.8, 4) is 0 Å². The first kappa shape index (κ1) is 20.4. The summed E-state index contributed by atoms with van der Waals surface area (Å²) >= 11 is 0. The number of anilines is 2. The Kier molecular flexibility index (Phi) is 5.86. The van der Waals surface area contributed by atoms with E-state index in [2.05, 4.69) is 20.9 Å². The number of guanidine groups is 1. The number of aryl methyl sites for hydroxylation is 1. The van der Waals surface area contributed by atoms with Gasteiger partial charge in [0.1, 0.15) is 6.04 Å². The van der Waals surface area contributed by atoms with Gasteiger partial charge in [-0.1, -0.05) is 25.1 Å². The molecule has 0 aliphatic carbocycles. The first-order chi connectivity index (χ1) is 13.7. The molecule has 1 atom stereocenters. The smallest absolute Gasteiger partial charge is 0.326 e. The van der Waals surface area contributed by atoms with E-state index in [0.717, 1.165) is 24.1 Å². The first-order valence-corrected chi connectivity index (χ1v) is 8.96. The molecule has 1 heterocycles. The third kappa shape index (κ3) is 5.34. The molecule has 2 amide bonds. The summed E-state index contributed by atoms with van der Waals surface area (Å²) in [5.41, 5.74) is 0.928. The van der Waals surface area contributed by atoms with Crippen molar-refractivity contribution in [2.24, 2.45) is 4.99 Å². The molecule has 0 bridgehead atoms. The second kappa shape index (κ2) is 8.34. The summed E-state index contributed by atoms with van der Waals surface area (Å²) in [5.74, 6) is -0.980. The minimum atomic E-state index is -4.52. The van der Waals surface area contributed by atoms with Gasteiger partial charge in [-0.05, 0) is 42.3 Å². The van der Waals surface area contributed by atoms with Crippen LogP contribution in [0.1, 0.15) is 24.5 Å². The topological polar surface area (TPSA) is 82.6 Å². The lowest BCUT2D eigenvalue weighted by molar-refractivity contribution is -0.137. The fourth-order valence-electron chi connectivity index (χ4n) is 2.77. The standard InChI is InChI=1S/C20H19F3N4O2/c1-2-12-6-8-14(9-7-12)25-19-26-16(11-17(28)27-19)18(29)24-15-5-3-4-13(10-15)20(21,22)23/h3-10,16H,2,11H2,1H3,(H,24,29)(H2,25,26,27,28)/t16-/m0/s1. The van der Waals surface area contributed by atoms with Gasteiger partial charge in [0.05, 0.1) is 12.0 Å². The summed E-state index contributed by atoms with van der Waals surface area (Å²) in [6.07, 6.45) is -3.84. The highest BCUT2D eigenvalue weighted by Gasteiger charge is 2.31. The molecule has 0 saturated carbocycles. The number of halogens is 3. The predicted octanol–water partition coefficient (Wildman–Crippen LogP) is 3.56. The van der Waals surface area contributed by atoms with Crippen LogP contribution in [-0.2, 0) is 22.2 Å². The van der Waals surface area contributed by atoms with Gasteiger partial charge in [0.15, 0.2) is 0 Å². The summed E-state index contributed by atoms with van der Waals surface area (Å²) in [5, 5.41) is 7.86. The van der Waals surface area contributed by atoms with Crippen LogP contribution < -0.4 is 16.0 Å². The molecule has 1 aliphatic rings. The average Bonchev–Trinajstić information content (AvgIpc) is 2.67. The maximum Gasteiger partial charge on any atom is 0.416 e. The number of carbonyl (C=O) groups excluding carboxylic acids is 2. The summed E-state index contributed by atoms with van der Waals surface area (Å²) in [6, 6.07) is 10.7. The second-order valence-electron chi connectivity index (χ2n) is 6.49. The van der Waals surface area contributed by atoms with E-state index in [0.29, 0.717) is 5.69 Å². The number of nitrogens with one attached hydrogen (secondary N) is 3. The van der Waals surface area contributed by atoms with E-state index in [-0.39, 0.29) is 18.1 Å². The van der Waals surface area contributed by atoms with E-state index in [1.54, 1.807) is 0 Å². The van der Waals surface area contributed by atoms with Gasteiger partial charge in [0.25, 0.3) is 0 Å². The quantitative estimate of drug-likeness (QED) is 0.729. The maximum atomic E-state index is 12.8. The van der Waals surface area contributed by atoms with Gasteiger partial charge in [0, 0.05) is 11.4 Å². The van der Waals surface area contributed by atoms with Crippen molar-refractivity contribution in [3.05, 3.63) is 59.7 Å². The fourth-order valence-corrected chi connectivity index (χ4v) is 2.77. The van der Waals surface area contributed by atoms with E-state index in [4.69, 9.17) is 0 Å². The summed E-state index contributed by atoms with van der Waals surface area (Å²) in [7, 11) is 0. The van der Waals surface area contributed by atoms with Crippen molar-refractivity contribution >= 4 is 29.1 Å². The third-order valence-corrected chi connectivity index (χ3v) is 4.31. The van der Waals surface area contributed by atoms with E-state index in [1.807, 2.05) is 31.2 Å². The molecule has 3 N–H and O–H groups in total. The molecule has 9 heteroatoms. The van der Waals surface area contributed by atoms with Crippen molar-refractivity contribution in [2.45, 2.75) is 32.0 Å². The van der Waals surface area contributed by atoms with Crippen molar-refractivity contribution in [2.75, 3.05) is 10.6 Å². The molecule has 1 aliphatic heterocycles. The molecule has 0 fully saturated rings. The lowest BCUT2D eigenvalue weighted by atomic mass is 10.1. The van der Waals surface area contributed by atoms with Crippen molar-refractivity contribution < 1.29 is 22.8 Å². The second-order valence-corrected chi connectivity index (χ2v) is 6.49. The van der Waals surface area contributed by atoms with Gasteiger partial charge < -0.3 is 10.6 Å². The summed E-state index contributed by atoms with van der Waals surface area (Å²) < 4.78 is 38.5. The van der Waals surface area contributed by atoms with Crippen LogP contribution in [0.2, 0.25) is 0 Å². The predicted molar refractivity (Wildman–Crippen MR) is 103 cm³/mol. The highest BCUT2D eigenvalue weighted by Crippen LogP contribution is 2.30. The van der Waals surface area contributed by atoms with Crippen LogP contribution in [0.25, 0.3) is 0 Å². The van der Waals surface area contributed by atoms with Crippen LogP contribution in [0.3, 0.4) is 0 Å². The van der Waals surface area contributed by atoms with E-state index >= 15 is 0 Å². The molecule has 3 rings (SSSR count). The zero-order chi connectivity index (χ0) is 21.0. The first-order valence-electron chi connectivity index (χ1n) is 8.96. The molecular formula is C20H19F3N4O2. The molecule has 0 saturated heterocycles. The van der Waals surface area contributed by atoms with Gasteiger partial charge in [0.2, 0.25) is 17.8 Å². The van der Waals surface area contributed by atoms with Crippen LogP contribution in [-0.4, -0.2) is 23.8 Å². The number of benzene rings is 2. The number of aliphatic imine (C=N–C) groups is 1. The van der Waals surface area contributed by atoms with Gasteiger partial charge >= 0.3 is 6.18 Å². The van der Waals surface area contributed by atoms with Crippen molar-refractivity contribution in [3.63, 3.8) is 0 Å². The molecule has 2 aromatic carbocycles. The Hall–Kier alpha value is -3.36. The van der Waals surface area contributed by atoms with Crippen LogP contribution in [0.4, 0.5) is 24.5 Å². The molecule has 0 spiro atoms. The van der Waals surface area contributed by atoms with Crippen molar-refractivity contribution in [1.29, 1.82) is 0 Å². The lowest BCUT2D eigenvalue weighted by Crippen LogP contribution is -2.45. The number of hydrogen-bond donors (Lipinski definition) is 3. The Bertz CT molecular complexity index is 939. The minimum Gasteiger partial charge on any atom is -0.326 e. The monoisotopic (exact) mass is 404 g/mol. The number of carbonyl (C=O) groups is 2. The average molecular weight is 404 g/mol. The Morgan fingerprint density at radius 1 is 1.17 bits per heavy atom. The highest BCUT2D eigenvalue weighted by atomic mass is 19.4. The SMILES string of the molecule is CCc1ccc(NC2=N[C@H](C(=O)Nc3cccc(C(F)(F)F)c3)CC(=O)N2)cc1. The zero-order valence-electron chi connectivity index (χ0n) is 15.5. The number of nitrogens with zero attached hydrogens (tertiary/aromatic N) is 1. The van der Waals surface area contributed by atoms with E-state index < -0.39 is 29.6 Å². The van der Waals surface area contributed by atoms with E-state index in [1.165, 1.54) is 12.1 Å². The van der Waals surface area contributed by atoms with Crippen LogP contribution in [0.15, 0.2) is 53.5 Å². The minimum absolute atomic E-state index is 0.0179. The van der Waals surface area contributed by atoms with Gasteiger partial charge in [-0.15, -0.1) is 0 Å². The molecule has 152 valence electrons. The Labute approximate surface area is 165 Å². The van der Waals surface area contributed by atoms with Gasteiger partial charge in [-0.3, -0.25) is 14.9 Å². The van der Waals surface area contributed by atoms with Gasteiger partial charge in [-0.25, -0.2) is 4.99 Å². The van der Waals surface area contributed by atoms with Gasteiger partial charge in [-0.2, -0.15) is 13.2 Å². The van der Waals surface area contributed by atoms with Crippen LogP contribution in [0.5, 0.6) is 0 Å². The maximum absolute atomic E-state index is 12.8. The van der Waals surface area contributed by atoms with Crippen molar-refractivity contribution in [1.82, 2.24) is 5.32 Å². The Morgan fingerprint density at radius 2 is 1.90 bits per heavy atom. The normalized spacial score (nSPS) is 16.6. The number of alkyl halides is 3. The van der Waals surface area contributed by atoms with Crippen LogP contribution in [0, 0.1) is 0 Å². The molecule has 2 aromatic rings. The number of amides is 2. The van der Waals surface area contributed by atoms with E-state index in [9.17, 15) is 22.8 Å². The third-order valence-electron chi connectivity index (χ3n) is 4.31.